The monoisotopic (exact) mass is 610 g/mol. The predicted molar refractivity (Wildman–Crippen MR) is 176 cm³/mol. The van der Waals surface area contributed by atoms with Gasteiger partial charge < -0.3 is 14.9 Å². The highest BCUT2D eigenvalue weighted by atomic mass is 16.5. The second-order valence-electron chi connectivity index (χ2n) is 14.6. The summed E-state index contributed by atoms with van der Waals surface area (Å²) in [5, 5.41) is 23.4. The first-order chi connectivity index (χ1) is 22.3. The van der Waals surface area contributed by atoms with E-state index < -0.39 is 11.8 Å². The topological polar surface area (TPSA) is 83.8 Å². The fourth-order valence-electron chi connectivity index (χ4n) is 10.6. The molecule has 0 bridgehead atoms. The summed E-state index contributed by atoms with van der Waals surface area (Å²) >= 11 is 0. The van der Waals surface area contributed by atoms with Crippen molar-refractivity contribution in [3.05, 3.63) is 112 Å². The van der Waals surface area contributed by atoms with Gasteiger partial charge in [0.2, 0.25) is 0 Å². The fraction of sp³-hybridized carbons (Fsp3) is 0.366. The van der Waals surface area contributed by atoms with Crippen molar-refractivity contribution in [2.24, 2.45) is 35.0 Å². The van der Waals surface area contributed by atoms with E-state index in [1.165, 1.54) is 16.7 Å². The lowest BCUT2D eigenvalue weighted by Crippen LogP contribution is -2.43. The van der Waals surface area contributed by atoms with Gasteiger partial charge in [0.1, 0.15) is 23.9 Å². The molecule has 2 saturated carbocycles. The van der Waals surface area contributed by atoms with Crippen LogP contribution in [-0.4, -0.2) is 21.8 Å². The first-order valence-electron chi connectivity index (χ1n) is 16.9. The molecule has 46 heavy (non-hydrogen) atoms. The third kappa shape index (κ3) is 3.81. The maximum absolute atomic E-state index is 14.4. The summed E-state index contributed by atoms with van der Waals surface area (Å²) in [6, 6.07) is 23.9. The van der Waals surface area contributed by atoms with E-state index in [0.717, 1.165) is 43.4 Å². The molecular weight excluding hydrogens is 572 g/mol. The number of allylic oxidation sites excluding steroid dienone is 2. The maximum atomic E-state index is 14.4. The van der Waals surface area contributed by atoms with Crippen LogP contribution >= 0.6 is 0 Å². The second kappa shape index (κ2) is 10.1. The number of aromatic hydroxyl groups is 2. The van der Waals surface area contributed by atoms with Crippen LogP contribution in [0.2, 0.25) is 0 Å². The number of hydrogen-bond acceptors (Lipinski definition) is 5. The van der Waals surface area contributed by atoms with Crippen molar-refractivity contribution in [1.29, 1.82) is 0 Å². The molecule has 0 aliphatic heterocycles. The van der Waals surface area contributed by atoms with Crippen molar-refractivity contribution < 1.29 is 24.5 Å². The summed E-state index contributed by atoms with van der Waals surface area (Å²) in [7, 11) is 0. The van der Waals surface area contributed by atoms with Crippen LogP contribution in [0.25, 0.3) is 10.8 Å². The van der Waals surface area contributed by atoms with Gasteiger partial charge in [-0.25, -0.2) is 0 Å². The average molecular weight is 611 g/mol. The van der Waals surface area contributed by atoms with Gasteiger partial charge in [0, 0.05) is 22.6 Å². The van der Waals surface area contributed by atoms with Gasteiger partial charge >= 0.3 is 0 Å². The molecule has 5 heteroatoms. The highest BCUT2D eigenvalue weighted by Gasteiger charge is 2.61. The summed E-state index contributed by atoms with van der Waals surface area (Å²) in [6.07, 6.45) is 8.01. The van der Waals surface area contributed by atoms with E-state index in [2.05, 4.69) is 43.3 Å². The van der Waals surface area contributed by atoms with Crippen LogP contribution in [0.4, 0.5) is 0 Å². The third-order valence-electron chi connectivity index (χ3n) is 12.7. The lowest BCUT2D eigenvalue weighted by Gasteiger charge is -2.50. The molecule has 9 rings (SSSR count). The molecule has 3 unspecified atom stereocenters. The zero-order chi connectivity index (χ0) is 31.3. The lowest BCUT2D eigenvalue weighted by atomic mass is 9.54. The molecule has 5 aliphatic carbocycles. The van der Waals surface area contributed by atoms with Crippen molar-refractivity contribution in [3.63, 3.8) is 0 Å². The van der Waals surface area contributed by atoms with Crippen LogP contribution in [0.3, 0.4) is 0 Å². The number of ketones is 2. The van der Waals surface area contributed by atoms with E-state index in [0.29, 0.717) is 41.6 Å². The van der Waals surface area contributed by atoms with Gasteiger partial charge in [-0.05, 0) is 96.4 Å². The second-order valence-corrected chi connectivity index (χ2v) is 14.6. The van der Waals surface area contributed by atoms with Gasteiger partial charge in [-0.3, -0.25) is 9.59 Å². The molecule has 0 aromatic heterocycles. The Labute approximate surface area is 268 Å². The van der Waals surface area contributed by atoms with Crippen molar-refractivity contribution >= 4 is 22.3 Å². The number of hydrogen-bond donors (Lipinski definition) is 2. The molecule has 0 saturated heterocycles. The summed E-state index contributed by atoms with van der Waals surface area (Å²) in [5.41, 5.74) is 5.42. The molecule has 232 valence electrons. The van der Waals surface area contributed by atoms with Crippen molar-refractivity contribution in [2.75, 3.05) is 0 Å². The molecule has 2 fully saturated rings. The highest BCUT2D eigenvalue weighted by molar-refractivity contribution is 6.23. The minimum absolute atomic E-state index is 0.00418. The number of fused-ring (bicyclic) bond motifs is 11. The predicted octanol–water partition coefficient (Wildman–Crippen LogP) is 8.55. The zero-order valence-corrected chi connectivity index (χ0v) is 26.0. The van der Waals surface area contributed by atoms with E-state index in [4.69, 9.17) is 4.74 Å². The van der Waals surface area contributed by atoms with Gasteiger partial charge in [-0.15, -0.1) is 0 Å². The minimum Gasteiger partial charge on any atom is -0.507 e. The number of aryl methyl sites for hydroxylation is 1. The first-order valence-corrected chi connectivity index (χ1v) is 16.9. The van der Waals surface area contributed by atoms with Crippen LogP contribution < -0.4 is 4.74 Å². The highest BCUT2D eigenvalue weighted by Crippen LogP contribution is 2.68. The van der Waals surface area contributed by atoms with E-state index in [1.54, 1.807) is 24.3 Å². The van der Waals surface area contributed by atoms with Gasteiger partial charge in [0.15, 0.2) is 11.6 Å². The van der Waals surface area contributed by atoms with Gasteiger partial charge in [0.25, 0.3) is 0 Å². The van der Waals surface area contributed by atoms with Crippen molar-refractivity contribution in [1.82, 2.24) is 0 Å². The smallest absolute Gasteiger partial charge is 0.171 e. The van der Waals surface area contributed by atoms with Crippen LogP contribution in [0, 0.1) is 35.0 Å². The van der Waals surface area contributed by atoms with Crippen LogP contribution in [0.5, 0.6) is 17.2 Å². The Hall–Kier alpha value is -4.38. The summed E-state index contributed by atoms with van der Waals surface area (Å²) in [6.45, 7) is 2.97. The number of carbonyl (C=O) groups excluding carboxylic acids is 2. The Balaban J connectivity index is 1.02. The molecule has 4 aromatic carbocycles. The van der Waals surface area contributed by atoms with Crippen LogP contribution in [0.15, 0.2) is 84.4 Å². The largest absolute Gasteiger partial charge is 0.507 e. The van der Waals surface area contributed by atoms with Crippen molar-refractivity contribution in [2.45, 2.75) is 58.0 Å². The van der Waals surface area contributed by atoms with Crippen LogP contribution in [-0.2, 0) is 13.0 Å². The fourth-order valence-corrected chi connectivity index (χ4v) is 10.6. The Morgan fingerprint density at radius 1 is 0.826 bits per heavy atom. The summed E-state index contributed by atoms with van der Waals surface area (Å²) in [4.78, 5) is 28.5. The number of Topliss-reactive ketones (excluding diaryl/α,β-unsaturated/α-hetero) is 2. The average Bonchev–Trinajstić information content (AvgIpc) is 3.40. The van der Waals surface area contributed by atoms with Crippen LogP contribution in [0.1, 0.15) is 82.4 Å². The third-order valence-corrected chi connectivity index (χ3v) is 12.7. The molecule has 4 aromatic rings. The molecular formula is C41H38O5. The molecule has 0 radical (unpaired) electrons. The molecule has 7 atom stereocenters. The van der Waals surface area contributed by atoms with E-state index >= 15 is 0 Å². The SMILES string of the molecule is C[C@]12CCC3c4ccc(OCc5ccccc5)cc4CCC3C1C[C@@H]1C2=CC[C@H]2C(=O)c3c(c(O)c4ccccc4c3O)C(=O)[C@@H]12. The minimum atomic E-state index is -0.499. The summed E-state index contributed by atoms with van der Waals surface area (Å²) < 4.78 is 6.18. The Bertz CT molecular complexity index is 1970. The summed E-state index contributed by atoms with van der Waals surface area (Å²) in [5.74, 6) is 0.628. The van der Waals surface area contributed by atoms with E-state index in [9.17, 15) is 19.8 Å². The first kappa shape index (κ1) is 27.9. The van der Waals surface area contributed by atoms with E-state index in [1.807, 2.05) is 18.2 Å². The normalized spacial score (nSPS) is 30.8. The van der Waals surface area contributed by atoms with Crippen molar-refractivity contribution in [3.8, 4) is 17.2 Å². The quantitative estimate of drug-likeness (QED) is 0.179. The molecule has 0 spiro atoms. The number of ether oxygens (including phenoxy) is 1. The Kier molecular flexibility index (Phi) is 6.10. The number of rotatable bonds is 3. The lowest BCUT2D eigenvalue weighted by molar-refractivity contribution is 0.0656. The number of phenolic OH excluding ortho intramolecular Hbond substituents is 2. The van der Waals surface area contributed by atoms with Gasteiger partial charge in [-0.1, -0.05) is 79.2 Å². The molecule has 5 aliphatic rings. The zero-order valence-electron chi connectivity index (χ0n) is 26.0. The molecule has 2 N–H and O–H groups in total. The van der Waals surface area contributed by atoms with E-state index in [-0.39, 0.29) is 45.5 Å². The standard InChI is InChI=1S/C41H38O5/c1-41-18-17-26-25-14-12-24(46-21-22-7-3-2-4-8-22)19-23(25)11-13-27(26)33(41)20-31-32(41)16-15-30-34(31)40(45)36-35(39(30)44)37(42)28-9-5-6-10-29(28)38(36)43/h2-10,12,14,16,19,26-27,30-31,33-34,42-43H,11,13,15,17-18,20-21H2,1H3/t26?,27?,30-,31-,33?,34-,41-/m1/s1. The Morgan fingerprint density at radius 2 is 1.54 bits per heavy atom. The number of benzene rings is 4. The molecule has 5 nitrogen and oxygen atoms in total. The molecule has 0 amide bonds. The number of phenols is 2. The van der Waals surface area contributed by atoms with Gasteiger partial charge in [-0.2, -0.15) is 0 Å². The Morgan fingerprint density at radius 3 is 2.30 bits per heavy atom. The maximum Gasteiger partial charge on any atom is 0.171 e. The molecule has 0 heterocycles. The van der Waals surface area contributed by atoms with Gasteiger partial charge in [0.05, 0.1) is 11.1 Å². The number of carbonyl (C=O) groups is 2.